The van der Waals surface area contributed by atoms with Gasteiger partial charge >= 0.3 is 6.09 Å². The second kappa shape index (κ2) is 11.3. The van der Waals surface area contributed by atoms with Crippen LogP contribution in [0, 0.1) is 5.82 Å². The van der Waals surface area contributed by atoms with E-state index in [0.717, 1.165) is 0 Å². The zero-order chi connectivity index (χ0) is 28.4. The maximum Gasteiger partial charge on any atom is 0.413 e. The van der Waals surface area contributed by atoms with E-state index in [1.807, 2.05) is 6.07 Å². The lowest BCUT2D eigenvalue weighted by Gasteiger charge is -2.33. The summed E-state index contributed by atoms with van der Waals surface area (Å²) in [5.74, 6) is -0.699. The molecule has 1 atom stereocenters. The lowest BCUT2D eigenvalue weighted by atomic mass is 9.93. The molecule has 2 aliphatic heterocycles. The summed E-state index contributed by atoms with van der Waals surface area (Å²) in [5, 5.41) is 10.9. The molecule has 0 aromatic heterocycles. The fraction of sp³-hybridized carbons (Fsp3) is 0.355. The molecule has 40 heavy (non-hydrogen) atoms. The van der Waals surface area contributed by atoms with Gasteiger partial charge in [-0.15, -0.1) is 0 Å². The Labute approximate surface area is 232 Å². The summed E-state index contributed by atoms with van der Waals surface area (Å²) in [4.78, 5) is 29.3. The highest BCUT2D eigenvalue weighted by atomic mass is 19.1. The number of morpholine rings is 1. The fourth-order valence-corrected chi connectivity index (χ4v) is 4.93. The SMILES string of the molecule is CC(C)(C)OC(=O)N1COc2c(cccc2-c2ccc(C(=O)C(O)c3ccccc3)c(N3CCOCC3)c2F)C1. The predicted molar refractivity (Wildman–Crippen MR) is 148 cm³/mol. The number of nitrogens with zero attached hydrogens (tertiary/aromatic N) is 2. The molecular formula is C31H33FN2O6. The number of halogens is 1. The van der Waals surface area contributed by atoms with Gasteiger partial charge in [0, 0.05) is 35.3 Å². The molecule has 0 bridgehead atoms. The van der Waals surface area contributed by atoms with Crippen LogP contribution in [0.25, 0.3) is 11.1 Å². The Hall–Kier alpha value is -3.95. The number of anilines is 1. The van der Waals surface area contributed by atoms with E-state index in [1.165, 1.54) is 4.90 Å². The second-order valence-electron chi connectivity index (χ2n) is 10.8. The first kappa shape index (κ1) is 27.6. The first-order chi connectivity index (χ1) is 19.1. The van der Waals surface area contributed by atoms with Crippen molar-refractivity contribution in [2.45, 2.75) is 39.0 Å². The molecule has 1 amide bonds. The zero-order valence-corrected chi connectivity index (χ0v) is 22.9. The van der Waals surface area contributed by atoms with Crippen LogP contribution >= 0.6 is 0 Å². The van der Waals surface area contributed by atoms with E-state index in [4.69, 9.17) is 14.2 Å². The van der Waals surface area contributed by atoms with Crippen molar-refractivity contribution in [3.63, 3.8) is 0 Å². The quantitative estimate of drug-likeness (QED) is 0.431. The number of hydrogen-bond donors (Lipinski definition) is 1. The van der Waals surface area contributed by atoms with Crippen LogP contribution in [-0.2, 0) is 16.0 Å². The Morgan fingerprint density at radius 1 is 0.975 bits per heavy atom. The van der Waals surface area contributed by atoms with Crippen LogP contribution in [0.5, 0.6) is 5.75 Å². The number of benzene rings is 3. The molecule has 8 nitrogen and oxygen atoms in total. The number of aliphatic hydroxyl groups excluding tert-OH is 1. The largest absolute Gasteiger partial charge is 0.472 e. The first-order valence-electron chi connectivity index (χ1n) is 13.3. The van der Waals surface area contributed by atoms with Gasteiger partial charge in [0.1, 0.15) is 17.5 Å². The molecular weight excluding hydrogens is 515 g/mol. The standard InChI is InChI=1S/C31H33FN2O6/c1-31(2,3)40-30(37)34-18-21-10-7-11-23(29(21)39-19-34)22-12-13-24(26(25(22)32)33-14-16-38-17-15-33)28(36)27(35)20-8-5-4-6-9-20/h4-13,27,35H,14-19H2,1-3H3. The molecule has 5 rings (SSSR count). The highest BCUT2D eigenvalue weighted by molar-refractivity contribution is 6.05. The monoisotopic (exact) mass is 548 g/mol. The number of aliphatic hydroxyl groups is 1. The van der Waals surface area contributed by atoms with Crippen molar-refractivity contribution >= 4 is 17.6 Å². The number of rotatable bonds is 5. The number of Topliss-reactive ketones (excluding diaryl/α,β-unsaturated/α-hetero) is 1. The second-order valence-corrected chi connectivity index (χ2v) is 10.8. The molecule has 210 valence electrons. The van der Waals surface area contributed by atoms with Crippen LogP contribution < -0.4 is 9.64 Å². The third kappa shape index (κ3) is 5.66. The van der Waals surface area contributed by atoms with Crippen LogP contribution in [-0.4, -0.2) is 60.5 Å². The molecule has 0 aliphatic carbocycles. The number of ketones is 1. The molecule has 0 radical (unpaired) electrons. The van der Waals surface area contributed by atoms with Gasteiger partial charge in [0.2, 0.25) is 0 Å². The van der Waals surface area contributed by atoms with Crippen LogP contribution in [0.1, 0.15) is 48.4 Å². The molecule has 2 aliphatic rings. The third-order valence-electron chi connectivity index (χ3n) is 6.84. The van der Waals surface area contributed by atoms with Gasteiger partial charge in [-0.05, 0) is 32.4 Å². The molecule has 1 N–H and O–H groups in total. The van der Waals surface area contributed by atoms with Crippen LogP contribution in [0.2, 0.25) is 0 Å². The van der Waals surface area contributed by atoms with E-state index >= 15 is 4.39 Å². The lowest BCUT2D eigenvalue weighted by molar-refractivity contribution is 0.00248. The summed E-state index contributed by atoms with van der Waals surface area (Å²) in [6.07, 6.45) is -1.93. The topological polar surface area (TPSA) is 88.5 Å². The van der Waals surface area contributed by atoms with Crippen molar-refractivity contribution in [2.75, 3.05) is 37.9 Å². The molecule has 3 aromatic rings. The van der Waals surface area contributed by atoms with Crippen LogP contribution in [0.3, 0.4) is 0 Å². The number of carbonyl (C=O) groups excluding carboxylic acids is 2. The van der Waals surface area contributed by atoms with E-state index in [-0.39, 0.29) is 30.1 Å². The fourth-order valence-electron chi connectivity index (χ4n) is 4.93. The van der Waals surface area contributed by atoms with Gasteiger partial charge in [0.15, 0.2) is 18.3 Å². The van der Waals surface area contributed by atoms with Crippen molar-refractivity contribution in [1.82, 2.24) is 4.90 Å². The summed E-state index contributed by atoms with van der Waals surface area (Å²) < 4.78 is 33.5. The van der Waals surface area contributed by atoms with Gasteiger partial charge in [-0.1, -0.05) is 54.6 Å². The Morgan fingerprint density at radius 2 is 1.70 bits per heavy atom. The zero-order valence-electron chi connectivity index (χ0n) is 22.9. The Bertz CT molecular complexity index is 1400. The molecule has 1 saturated heterocycles. The minimum absolute atomic E-state index is 0.0449. The summed E-state index contributed by atoms with van der Waals surface area (Å²) in [6, 6.07) is 17.1. The Morgan fingerprint density at radius 3 is 2.40 bits per heavy atom. The van der Waals surface area contributed by atoms with Crippen molar-refractivity contribution in [3.8, 4) is 16.9 Å². The van der Waals surface area contributed by atoms with Crippen molar-refractivity contribution in [1.29, 1.82) is 0 Å². The number of carbonyl (C=O) groups is 2. The number of amides is 1. The van der Waals surface area contributed by atoms with Gasteiger partial charge < -0.3 is 24.2 Å². The molecule has 0 saturated carbocycles. The third-order valence-corrected chi connectivity index (χ3v) is 6.84. The van der Waals surface area contributed by atoms with Gasteiger partial charge in [0.25, 0.3) is 0 Å². The summed E-state index contributed by atoms with van der Waals surface area (Å²) >= 11 is 0. The maximum atomic E-state index is 16.5. The maximum absolute atomic E-state index is 16.5. The molecule has 2 heterocycles. The van der Waals surface area contributed by atoms with Gasteiger partial charge in [-0.2, -0.15) is 0 Å². The Kier molecular flexibility index (Phi) is 7.78. The van der Waals surface area contributed by atoms with Crippen LogP contribution in [0.15, 0.2) is 60.7 Å². The number of para-hydroxylation sites is 1. The van der Waals surface area contributed by atoms with Crippen molar-refractivity contribution in [2.24, 2.45) is 0 Å². The number of hydrogen-bond acceptors (Lipinski definition) is 7. The first-order valence-corrected chi connectivity index (χ1v) is 13.3. The number of fused-ring (bicyclic) bond motifs is 1. The van der Waals surface area contributed by atoms with E-state index in [0.29, 0.717) is 48.7 Å². The normalized spacial score (nSPS) is 16.1. The minimum atomic E-state index is -1.43. The van der Waals surface area contributed by atoms with Gasteiger partial charge in [0.05, 0.1) is 25.4 Å². The number of ether oxygens (including phenoxy) is 3. The minimum Gasteiger partial charge on any atom is -0.472 e. The van der Waals surface area contributed by atoms with E-state index in [1.54, 1.807) is 80.3 Å². The van der Waals surface area contributed by atoms with E-state index in [9.17, 15) is 14.7 Å². The van der Waals surface area contributed by atoms with Gasteiger partial charge in [-0.3, -0.25) is 9.69 Å². The average Bonchev–Trinajstić information content (AvgIpc) is 2.95. The van der Waals surface area contributed by atoms with Gasteiger partial charge in [-0.25, -0.2) is 9.18 Å². The van der Waals surface area contributed by atoms with E-state index in [2.05, 4.69) is 0 Å². The average molecular weight is 549 g/mol. The summed E-state index contributed by atoms with van der Waals surface area (Å²) in [7, 11) is 0. The summed E-state index contributed by atoms with van der Waals surface area (Å²) in [6.45, 7) is 7.17. The highest BCUT2D eigenvalue weighted by Crippen LogP contribution is 2.41. The predicted octanol–water partition coefficient (Wildman–Crippen LogP) is 5.33. The Balaban J connectivity index is 1.53. The molecule has 0 spiro atoms. The molecule has 9 heteroatoms. The van der Waals surface area contributed by atoms with Crippen molar-refractivity contribution < 1.29 is 33.3 Å². The van der Waals surface area contributed by atoms with Crippen LogP contribution in [0.4, 0.5) is 14.9 Å². The molecule has 1 unspecified atom stereocenters. The highest BCUT2D eigenvalue weighted by Gasteiger charge is 2.32. The lowest BCUT2D eigenvalue weighted by Crippen LogP contribution is -2.40. The van der Waals surface area contributed by atoms with Crippen molar-refractivity contribution in [3.05, 3.63) is 83.2 Å². The smallest absolute Gasteiger partial charge is 0.413 e. The molecule has 3 aromatic carbocycles. The molecule has 1 fully saturated rings. The summed E-state index contributed by atoms with van der Waals surface area (Å²) in [5.41, 5.74) is 1.49. The van der Waals surface area contributed by atoms with E-state index < -0.39 is 29.4 Å².